The van der Waals surface area contributed by atoms with E-state index in [0.717, 1.165) is 30.5 Å². The number of rotatable bonds is 3. The van der Waals surface area contributed by atoms with Gasteiger partial charge in [0.25, 0.3) is 0 Å². The van der Waals surface area contributed by atoms with Crippen LogP contribution in [0.15, 0.2) is 0 Å². The van der Waals surface area contributed by atoms with E-state index in [9.17, 15) is 0 Å². The maximum atomic E-state index is 3.74. The fraction of sp³-hybridized carbons (Fsp3) is 1.00. The number of hydrogen-bond acceptors (Lipinski definition) is 2. The quantitative estimate of drug-likeness (QED) is 0.830. The van der Waals surface area contributed by atoms with E-state index in [1.165, 1.54) is 32.4 Å². The molecule has 2 aliphatic rings. The van der Waals surface area contributed by atoms with Gasteiger partial charge in [-0.2, -0.15) is 0 Å². The predicted octanol–water partition coefficient (Wildman–Crippen LogP) is 3.13. The summed E-state index contributed by atoms with van der Waals surface area (Å²) in [6.45, 7) is 15.7. The molecule has 1 saturated heterocycles. The van der Waals surface area contributed by atoms with Crippen LogP contribution in [0, 0.1) is 17.3 Å². The van der Waals surface area contributed by atoms with Gasteiger partial charge in [0.05, 0.1) is 0 Å². The monoisotopic (exact) mass is 252 g/mol. The molecule has 1 N–H and O–H groups in total. The Labute approximate surface area is 114 Å². The highest BCUT2D eigenvalue weighted by molar-refractivity contribution is 4.97. The van der Waals surface area contributed by atoms with Gasteiger partial charge in [-0.1, -0.05) is 34.6 Å². The van der Waals surface area contributed by atoms with Crippen LogP contribution < -0.4 is 5.32 Å². The van der Waals surface area contributed by atoms with Crippen LogP contribution in [-0.2, 0) is 0 Å². The average molecular weight is 252 g/mol. The van der Waals surface area contributed by atoms with E-state index in [4.69, 9.17) is 0 Å². The van der Waals surface area contributed by atoms with Crippen molar-refractivity contribution in [1.82, 2.24) is 10.2 Å². The molecule has 0 aromatic heterocycles. The van der Waals surface area contributed by atoms with Crippen molar-refractivity contribution in [2.24, 2.45) is 17.3 Å². The smallest absolute Gasteiger partial charge is 0.0254 e. The minimum atomic E-state index is 0.533. The second-order valence-electron chi connectivity index (χ2n) is 7.55. The third-order valence-corrected chi connectivity index (χ3v) is 5.31. The lowest BCUT2D eigenvalue weighted by molar-refractivity contribution is 0.0779. The van der Waals surface area contributed by atoms with Crippen LogP contribution in [0.1, 0.15) is 53.9 Å². The summed E-state index contributed by atoms with van der Waals surface area (Å²) in [7, 11) is 0. The highest BCUT2D eigenvalue weighted by Gasteiger charge is 2.40. The van der Waals surface area contributed by atoms with Gasteiger partial charge in [-0.05, 0) is 43.1 Å². The first-order valence-electron chi connectivity index (χ1n) is 7.90. The molecule has 1 saturated carbocycles. The molecule has 1 heterocycles. The minimum Gasteiger partial charge on any atom is -0.313 e. The first kappa shape index (κ1) is 14.3. The van der Waals surface area contributed by atoms with Crippen molar-refractivity contribution < 1.29 is 0 Å². The zero-order chi connectivity index (χ0) is 13.3. The molecule has 18 heavy (non-hydrogen) atoms. The van der Waals surface area contributed by atoms with Gasteiger partial charge in [0.2, 0.25) is 0 Å². The summed E-state index contributed by atoms with van der Waals surface area (Å²) in [5.41, 5.74) is 0.533. The summed E-state index contributed by atoms with van der Waals surface area (Å²) in [4.78, 5) is 2.78. The lowest BCUT2D eigenvalue weighted by Gasteiger charge is -2.45. The van der Waals surface area contributed by atoms with E-state index in [-0.39, 0.29) is 0 Å². The van der Waals surface area contributed by atoms with E-state index < -0.39 is 0 Å². The van der Waals surface area contributed by atoms with Crippen LogP contribution in [-0.4, -0.2) is 36.6 Å². The summed E-state index contributed by atoms with van der Waals surface area (Å²) in [5.74, 6) is 1.75. The molecule has 106 valence electrons. The zero-order valence-electron chi connectivity index (χ0n) is 13.0. The van der Waals surface area contributed by atoms with Crippen molar-refractivity contribution in [2.75, 3.05) is 19.6 Å². The number of likely N-dealkylation sites (N-methyl/N-ethyl adjacent to an activating group) is 1. The van der Waals surface area contributed by atoms with Gasteiger partial charge in [0.1, 0.15) is 0 Å². The molecule has 0 aromatic carbocycles. The molecule has 4 atom stereocenters. The van der Waals surface area contributed by atoms with Crippen LogP contribution in [0.5, 0.6) is 0 Å². The topological polar surface area (TPSA) is 15.3 Å². The normalized spacial score (nSPS) is 41.2. The van der Waals surface area contributed by atoms with E-state index >= 15 is 0 Å². The summed E-state index contributed by atoms with van der Waals surface area (Å²) < 4.78 is 0. The van der Waals surface area contributed by atoms with E-state index in [1.807, 2.05) is 0 Å². The highest BCUT2D eigenvalue weighted by Crippen LogP contribution is 2.39. The van der Waals surface area contributed by atoms with Gasteiger partial charge in [-0.15, -0.1) is 0 Å². The fourth-order valence-electron chi connectivity index (χ4n) is 3.88. The van der Waals surface area contributed by atoms with E-state index in [1.54, 1.807) is 0 Å². The molecule has 4 unspecified atom stereocenters. The third-order valence-electron chi connectivity index (χ3n) is 5.31. The molecule has 2 fully saturated rings. The minimum absolute atomic E-state index is 0.533. The molecular formula is C16H32N2. The summed E-state index contributed by atoms with van der Waals surface area (Å²) in [6, 6.07) is 1.49. The molecule has 0 spiro atoms. The van der Waals surface area contributed by atoms with E-state index in [0.29, 0.717) is 5.41 Å². The van der Waals surface area contributed by atoms with Gasteiger partial charge >= 0.3 is 0 Å². The van der Waals surface area contributed by atoms with Crippen molar-refractivity contribution >= 4 is 0 Å². The Morgan fingerprint density at radius 1 is 1.17 bits per heavy atom. The predicted molar refractivity (Wildman–Crippen MR) is 78.8 cm³/mol. The fourth-order valence-corrected chi connectivity index (χ4v) is 3.88. The van der Waals surface area contributed by atoms with Crippen LogP contribution >= 0.6 is 0 Å². The lowest BCUT2D eigenvalue weighted by Crippen LogP contribution is -2.54. The Bertz CT molecular complexity index is 264. The van der Waals surface area contributed by atoms with Crippen molar-refractivity contribution in [3.05, 3.63) is 0 Å². The second-order valence-corrected chi connectivity index (χ2v) is 7.55. The molecule has 0 amide bonds. The Kier molecular flexibility index (Phi) is 4.38. The molecule has 2 heteroatoms. The molecule has 2 nitrogen and oxygen atoms in total. The summed E-state index contributed by atoms with van der Waals surface area (Å²) in [6.07, 6.45) is 4.09. The molecule has 0 radical (unpaired) electrons. The van der Waals surface area contributed by atoms with Gasteiger partial charge in [-0.3, -0.25) is 4.90 Å². The summed E-state index contributed by atoms with van der Waals surface area (Å²) in [5, 5.41) is 3.74. The highest BCUT2D eigenvalue weighted by atomic mass is 15.2. The SMILES string of the molecule is CCNC1CCC(C)(C)CC1N1CC(C)C(C)C1. The zero-order valence-corrected chi connectivity index (χ0v) is 13.0. The Hall–Kier alpha value is -0.0800. The van der Waals surface area contributed by atoms with Crippen LogP contribution in [0.4, 0.5) is 0 Å². The first-order valence-corrected chi connectivity index (χ1v) is 7.90. The van der Waals surface area contributed by atoms with Gasteiger partial charge in [-0.25, -0.2) is 0 Å². The van der Waals surface area contributed by atoms with Gasteiger partial charge in [0, 0.05) is 25.2 Å². The van der Waals surface area contributed by atoms with Crippen LogP contribution in [0.3, 0.4) is 0 Å². The van der Waals surface area contributed by atoms with Crippen molar-refractivity contribution in [1.29, 1.82) is 0 Å². The maximum absolute atomic E-state index is 3.74. The molecule has 2 rings (SSSR count). The summed E-state index contributed by atoms with van der Waals surface area (Å²) >= 11 is 0. The van der Waals surface area contributed by atoms with Crippen LogP contribution in [0.2, 0.25) is 0 Å². The van der Waals surface area contributed by atoms with Crippen molar-refractivity contribution in [3.63, 3.8) is 0 Å². The molecule has 0 aromatic rings. The molecule has 1 aliphatic carbocycles. The van der Waals surface area contributed by atoms with Crippen molar-refractivity contribution in [2.45, 2.75) is 66.0 Å². The van der Waals surface area contributed by atoms with Gasteiger partial charge < -0.3 is 5.32 Å². The largest absolute Gasteiger partial charge is 0.313 e. The Balaban J connectivity index is 2.05. The number of likely N-dealkylation sites (tertiary alicyclic amines) is 1. The third kappa shape index (κ3) is 3.08. The first-order chi connectivity index (χ1) is 8.43. The number of nitrogens with one attached hydrogen (secondary N) is 1. The Morgan fingerprint density at radius 2 is 1.78 bits per heavy atom. The average Bonchev–Trinajstić information content (AvgIpc) is 2.62. The molecule has 0 bridgehead atoms. The van der Waals surface area contributed by atoms with Crippen LogP contribution in [0.25, 0.3) is 0 Å². The van der Waals surface area contributed by atoms with E-state index in [2.05, 4.69) is 44.8 Å². The van der Waals surface area contributed by atoms with Crippen molar-refractivity contribution in [3.8, 4) is 0 Å². The molecule has 1 aliphatic heterocycles. The number of nitrogens with zero attached hydrogens (tertiary/aromatic N) is 1. The second kappa shape index (κ2) is 5.50. The molecular weight excluding hydrogens is 220 g/mol. The standard InChI is InChI=1S/C16H32N2/c1-6-17-14-7-8-16(4,5)9-15(14)18-10-12(2)13(3)11-18/h12-15,17H,6-11H2,1-5H3. The van der Waals surface area contributed by atoms with Gasteiger partial charge in [0.15, 0.2) is 0 Å². The lowest BCUT2D eigenvalue weighted by atomic mass is 9.72. The Morgan fingerprint density at radius 3 is 2.33 bits per heavy atom. The number of hydrogen-bond donors (Lipinski definition) is 1. The maximum Gasteiger partial charge on any atom is 0.0254 e.